The van der Waals surface area contributed by atoms with Crippen LogP contribution in [0.25, 0.3) is 0 Å². The van der Waals surface area contributed by atoms with Gasteiger partial charge in [0.15, 0.2) is 0 Å². The summed E-state index contributed by atoms with van der Waals surface area (Å²) in [7, 11) is 0. The minimum Gasteiger partial charge on any atom is -0.306 e. The van der Waals surface area contributed by atoms with Crippen LogP contribution in [-0.2, 0) is 12.0 Å². The molecule has 0 atom stereocenters. The van der Waals surface area contributed by atoms with Crippen LogP contribution in [0.15, 0.2) is 0 Å². The minimum absolute atomic E-state index is 0.171. The van der Waals surface area contributed by atoms with Crippen LogP contribution in [-0.4, -0.2) is 11.5 Å². The van der Waals surface area contributed by atoms with Gasteiger partial charge in [0.25, 0.3) is 0 Å². The average molecular weight is 266 g/mol. The molecule has 2 rings (SSSR count). The largest absolute Gasteiger partial charge is 0.306 e. The highest BCUT2D eigenvalue weighted by Gasteiger charge is 2.37. The maximum Gasteiger partial charge on any atom is 0.113 e. The third kappa shape index (κ3) is 2.62. The highest BCUT2D eigenvalue weighted by atomic mass is 32.1. The number of rotatable bonds is 4. The minimum atomic E-state index is 0.171. The van der Waals surface area contributed by atoms with Gasteiger partial charge in [-0.3, -0.25) is 0 Å². The standard InChI is InChI=1S/C15H26N2S/c1-5-13-12(4)18-14(17-13)15(16-6-2)9-7-11(3)8-10-15/h11,16H,5-10H2,1-4H3. The number of aryl methyl sites for hydroxylation is 2. The van der Waals surface area contributed by atoms with E-state index < -0.39 is 0 Å². The summed E-state index contributed by atoms with van der Waals surface area (Å²) in [5.41, 5.74) is 1.47. The van der Waals surface area contributed by atoms with E-state index in [0.717, 1.165) is 18.9 Å². The van der Waals surface area contributed by atoms with Gasteiger partial charge in [0.2, 0.25) is 0 Å². The summed E-state index contributed by atoms with van der Waals surface area (Å²) in [4.78, 5) is 6.33. The Kier molecular flexibility index (Phi) is 4.44. The zero-order chi connectivity index (χ0) is 13.2. The third-order valence-electron chi connectivity index (χ3n) is 4.28. The van der Waals surface area contributed by atoms with Gasteiger partial charge in [-0.1, -0.05) is 20.8 Å². The summed E-state index contributed by atoms with van der Waals surface area (Å²) in [5.74, 6) is 0.878. The van der Waals surface area contributed by atoms with Gasteiger partial charge in [0.05, 0.1) is 11.2 Å². The summed E-state index contributed by atoms with van der Waals surface area (Å²) in [6.45, 7) is 10.0. The topological polar surface area (TPSA) is 24.9 Å². The van der Waals surface area contributed by atoms with Gasteiger partial charge < -0.3 is 5.32 Å². The van der Waals surface area contributed by atoms with E-state index in [9.17, 15) is 0 Å². The van der Waals surface area contributed by atoms with E-state index in [1.54, 1.807) is 0 Å². The lowest BCUT2D eigenvalue weighted by Crippen LogP contribution is -2.45. The zero-order valence-corrected chi connectivity index (χ0v) is 13.0. The molecule has 0 spiro atoms. The molecule has 1 fully saturated rings. The SMILES string of the molecule is CCNC1(c2nc(CC)c(C)s2)CCC(C)CC1. The van der Waals surface area contributed by atoms with E-state index in [2.05, 4.69) is 33.0 Å². The van der Waals surface area contributed by atoms with E-state index in [1.165, 1.54) is 41.3 Å². The Labute approximate surface area is 115 Å². The molecular formula is C15H26N2S. The van der Waals surface area contributed by atoms with Crippen LogP contribution < -0.4 is 5.32 Å². The fourth-order valence-corrected chi connectivity index (χ4v) is 4.25. The molecule has 0 radical (unpaired) electrons. The number of hydrogen-bond donors (Lipinski definition) is 1. The summed E-state index contributed by atoms with van der Waals surface area (Å²) in [5, 5.41) is 5.09. The molecule has 0 amide bonds. The second-order valence-corrected chi connectivity index (χ2v) is 6.87. The lowest BCUT2D eigenvalue weighted by molar-refractivity contribution is 0.199. The molecule has 0 saturated heterocycles. The van der Waals surface area contributed by atoms with Crippen molar-refractivity contribution in [2.75, 3.05) is 6.54 Å². The molecule has 1 aliphatic carbocycles. The molecule has 102 valence electrons. The number of nitrogens with zero attached hydrogens (tertiary/aromatic N) is 1. The van der Waals surface area contributed by atoms with Gasteiger partial charge in [0.1, 0.15) is 5.01 Å². The second kappa shape index (κ2) is 5.70. The Bertz CT molecular complexity index is 389. The number of hydrogen-bond acceptors (Lipinski definition) is 3. The summed E-state index contributed by atoms with van der Waals surface area (Å²) in [6, 6.07) is 0. The molecule has 0 aromatic carbocycles. The molecule has 1 heterocycles. The first-order chi connectivity index (χ1) is 8.61. The molecule has 1 aromatic rings. The van der Waals surface area contributed by atoms with Gasteiger partial charge in [-0.05, 0) is 51.5 Å². The second-order valence-electron chi connectivity index (χ2n) is 5.67. The number of nitrogens with one attached hydrogen (secondary N) is 1. The van der Waals surface area contributed by atoms with Crippen LogP contribution in [0.4, 0.5) is 0 Å². The van der Waals surface area contributed by atoms with Crippen LogP contribution in [0.1, 0.15) is 62.0 Å². The van der Waals surface area contributed by atoms with Crippen molar-refractivity contribution < 1.29 is 0 Å². The highest BCUT2D eigenvalue weighted by molar-refractivity contribution is 7.11. The zero-order valence-electron chi connectivity index (χ0n) is 12.2. The fraction of sp³-hybridized carbons (Fsp3) is 0.800. The van der Waals surface area contributed by atoms with E-state index in [0.29, 0.717) is 0 Å². The average Bonchev–Trinajstić information content (AvgIpc) is 2.75. The Morgan fingerprint density at radius 2 is 2.00 bits per heavy atom. The fourth-order valence-electron chi connectivity index (χ4n) is 3.02. The number of thiazole rings is 1. The maximum absolute atomic E-state index is 4.92. The van der Waals surface area contributed by atoms with Crippen molar-refractivity contribution in [2.45, 2.75) is 65.3 Å². The molecule has 1 N–H and O–H groups in total. The Hall–Kier alpha value is -0.410. The normalized spacial score (nSPS) is 28.6. The first-order valence-corrected chi connectivity index (χ1v) is 8.14. The molecule has 0 unspecified atom stereocenters. The molecule has 3 heteroatoms. The molecule has 1 aliphatic rings. The van der Waals surface area contributed by atoms with Crippen LogP contribution in [0.5, 0.6) is 0 Å². The van der Waals surface area contributed by atoms with Crippen molar-refractivity contribution in [3.63, 3.8) is 0 Å². The first kappa shape index (κ1) is 14.0. The predicted octanol–water partition coefficient (Wildman–Crippen LogP) is 4.03. The molecule has 0 bridgehead atoms. The lowest BCUT2D eigenvalue weighted by Gasteiger charge is -2.38. The van der Waals surface area contributed by atoms with Crippen molar-refractivity contribution >= 4 is 11.3 Å². The van der Waals surface area contributed by atoms with Crippen molar-refractivity contribution in [1.82, 2.24) is 10.3 Å². The van der Waals surface area contributed by atoms with Crippen molar-refractivity contribution in [2.24, 2.45) is 5.92 Å². The molecule has 1 aromatic heterocycles. The molecule has 1 saturated carbocycles. The van der Waals surface area contributed by atoms with Crippen LogP contribution in [0.2, 0.25) is 0 Å². The smallest absolute Gasteiger partial charge is 0.113 e. The van der Waals surface area contributed by atoms with Crippen LogP contribution in [0.3, 0.4) is 0 Å². The van der Waals surface area contributed by atoms with Crippen molar-refractivity contribution in [3.05, 3.63) is 15.6 Å². The predicted molar refractivity (Wildman–Crippen MR) is 79.2 cm³/mol. The van der Waals surface area contributed by atoms with Crippen LogP contribution >= 0.6 is 11.3 Å². The van der Waals surface area contributed by atoms with Gasteiger partial charge in [-0.2, -0.15) is 0 Å². The van der Waals surface area contributed by atoms with E-state index in [-0.39, 0.29) is 5.54 Å². The highest BCUT2D eigenvalue weighted by Crippen LogP contribution is 2.41. The monoisotopic (exact) mass is 266 g/mol. The van der Waals surface area contributed by atoms with Gasteiger partial charge in [0, 0.05) is 4.88 Å². The maximum atomic E-state index is 4.92. The lowest BCUT2D eigenvalue weighted by atomic mass is 9.77. The summed E-state index contributed by atoms with van der Waals surface area (Å²) < 4.78 is 0. The molecule has 18 heavy (non-hydrogen) atoms. The molecular weight excluding hydrogens is 240 g/mol. The van der Waals surface area contributed by atoms with E-state index in [4.69, 9.17) is 4.98 Å². The first-order valence-electron chi connectivity index (χ1n) is 7.33. The van der Waals surface area contributed by atoms with Crippen molar-refractivity contribution in [1.29, 1.82) is 0 Å². The van der Waals surface area contributed by atoms with E-state index in [1.807, 2.05) is 11.3 Å². The molecule has 2 nitrogen and oxygen atoms in total. The van der Waals surface area contributed by atoms with Crippen LogP contribution in [0, 0.1) is 12.8 Å². The van der Waals surface area contributed by atoms with Gasteiger partial charge >= 0.3 is 0 Å². The van der Waals surface area contributed by atoms with Gasteiger partial charge in [-0.25, -0.2) is 4.98 Å². The third-order valence-corrected chi connectivity index (χ3v) is 5.50. The Morgan fingerprint density at radius 1 is 1.33 bits per heavy atom. The summed E-state index contributed by atoms with van der Waals surface area (Å²) in [6.07, 6.45) is 6.21. The Balaban J connectivity index is 2.28. The van der Waals surface area contributed by atoms with Gasteiger partial charge in [-0.15, -0.1) is 11.3 Å². The van der Waals surface area contributed by atoms with Crippen molar-refractivity contribution in [3.8, 4) is 0 Å². The quantitative estimate of drug-likeness (QED) is 0.890. The number of aromatic nitrogens is 1. The van der Waals surface area contributed by atoms with E-state index >= 15 is 0 Å². The summed E-state index contributed by atoms with van der Waals surface area (Å²) >= 11 is 1.91. The molecule has 0 aliphatic heterocycles. The Morgan fingerprint density at radius 3 is 2.50 bits per heavy atom.